The lowest BCUT2D eigenvalue weighted by Gasteiger charge is -2.26. The van der Waals surface area contributed by atoms with Gasteiger partial charge in [-0.15, -0.1) is 0 Å². The second kappa shape index (κ2) is 18.4. The number of benzene rings is 12. The molecule has 2 nitrogen and oxygen atoms in total. The van der Waals surface area contributed by atoms with E-state index in [1.165, 1.54) is 99.5 Å². The van der Waals surface area contributed by atoms with Gasteiger partial charge in [0.25, 0.3) is 0 Å². The smallest absolute Gasteiger partial charge is 0.0541 e. The Hall–Kier alpha value is -9.50. The molecule has 338 valence electrons. The van der Waals surface area contributed by atoms with Gasteiger partial charge in [-0.3, -0.25) is 0 Å². The highest BCUT2D eigenvalue weighted by Gasteiger charge is 2.17. The van der Waals surface area contributed by atoms with Gasteiger partial charge in [0, 0.05) is 33.4 Å². The third-order valence-electron chi connectivity index (χ3n) is 14.2. The van der Waals surface area contributed by atoms with Gasteiger partial charge in [0.1, 0.15) is 0 Å². The zero-order valence-electron chi connectivity index (χ0n) is 39.6. The molecule has 2 heteroatoms. The molecule has 72 heavy (non-hydrogen) atoms. The zero-order chi connectivity index (χ0) is 47.8. The van der Waals surface area contributed by atoms with E-state index in [-0.39, 0.29) is 0 Å². The molecule has 0 aliphatic heterocycles. The number of anilines is 3. The molecular weight excluding hydrogens is 869 g/mol. The molecule has 0 spiro atoms. The fraction of sp³-hybridized carbons (Fsp3) is 0. The predicted molar refractivity (Wildman–Crippen MR) is 306 cm³/mol. The number of rotatable bonds is 10. The zero-order valence-corrected chi connectivity index (χ0v) is 39.6. The fourth-order valence-corrected chi connectivity index (χ4v) is 10.5. The maximum atomic E-state index is 2.41. The minimum Gasteiger partial charge on any atom is -0.311 e. The Bertz CT molecular complexity index is 3980. The largest absolute Gasteiger partial charge is 0.311 e. The van der Waals surface area contributed by atoms with Crippen molar-refractivity contribution in [1.29, 1.82) is 0 Å². The Morgan fingerprint density at radius 2 is 0.583 bits per heavy atom. The van der Waals surface area contributed by atoms with Gasteiger partial charge in [-0.05, 0) is 139 Å². The summed E-state index contributed by atoms with van der Waals surface area (Å²) in [5.74, 6) is 0. The molecule has 0 radical (unpaired) electrons. The molecule has 1 heterocycles. The van der Waals surface area contributed by atoms with Crippen molar-refractivity contribution < 1.29 is 0 Å². The molecule has 0 saturated heterocycles. The number of hydrogen-bond acceptors (Lipinski definition) is 1. The van der Waals surface area contributed by atoms with Gasteiger partial charge >= 0.3 is 0 Å². The Labute approximate surface area is 420 Å². The van der Waals surface area contributed by atoms with Crippen molar-refractivity contribution in [3.05, 3.63) is 291 Å². The summed E-state index contributed by atoms with van der Waals surface area (Å²) in [6.07, 6.45) is 0. The average molecular weight is 917 g/mol. The van der Waals surface area contributed by atoms with Crippen molar-refractivity contribution in [1.82, 2.24) is 4.57 Å². The van der Waals surface area contributed by atoms with Crippen LogP contribution in [0, 0.1) is 0 Å². The van der Waals surface area contributed by atoms with Crippen LogP contribution in [0.2, 0.25) is 0 Å². The molecule has 0 amide bonds. The summed E-state index contributed by atoms with van der Waals surface area (Å²) in [4.78, 5) is 2.36. The van der Waals surface area contributed by atoms with E-state index in [1.54, 1.807) is 0 Å². The number of hydrogen-bond donors (Lipinski definition) is 0. The highest BCUT2D eigenvalue weighted by atomic mass is 15.1. The van der Waals surface area contributed by atoms with Gasteiger partial charge in [-0.25, -0.2) is 0 Å². The van der Waals surface area contributed by atoms with Gasteiger partial charge < -0.3 is 9.47 Å². The summed E-state index contributed by atoms with van der Waals surface area (Å²) < 4.78 is 2.41. The first-order valence-corrected chi connectivity index (χ1v) is 24.7. The standard InChI is InChI=1S/C70H48N2/c1-2-13-49(14-3-1)51-25-27-52(28-26-51)54-35-41-62(42-36-54)71(64-45-39-56(40-46-64)59-17-12-18-60(47-59)61-34-31-50-15-4-5-16-58(50)48-61)63-43-37-55(38-44-63)53-29-32-57(33-30-53)65-19-6-9-22-68(65)72-69-23-10-7-20-66(69)67-21-8-11-24-70(67)72/h1-48H. The van der Waals surface area contributed by atoms with Crippen LogP contribution in [0.15, 0.2) is 291 Å². The summed E-state index contributed by atoms with van der Waals surface area (Å²) in [5.41, 5.74) is 21.1. The molecule has 0 bridgehead atoms. The summed E-state index contributed by atoms with van der Waals surface area (Å²) in [6.45, 7) is 0. The SMILES string of the molecule is c1ccc(-c2ccc(-c3ccc(N(c4ccc(-c5ccc(-c6ccccc6-n6c7ccccc7c7ccccc76)cc5)cc4)c4ccc(-c5cccc(-c6ccc7ccccc7c6)c5)cc4)cc3)cc2)cc1. The Balaban J connectivity index is 0.817. The molecule has 0 N–H and O–H groups in total. The third-order valence-corrected chi connectivity index (χ3v) is 14.2. The van der Waals surface area contributed by atoms with E-state index in [0.717, 1.165) is 22.6 Å². The van der Waals surface area contributed by atoms with Crippen molar-refractivity contribution in [2.45, 2.75) is 0 Å². The van der Waals surface area contributed by atoms with Gasteiger partial charge in [0.05, 0.1) is 16.7 Å². The second-order valence-corrected chi connectivity index (χ2v) is 18.5. The summed E-state index contributed by atoms with van der Waals surface area (Å²) in [7, 11) is 0. The number of para-hydroxylation sites is 3. The number of nitrogens with zero attached hydrogens (tertiary/aromatic N) is 2. The van der Waals surface area contributed by atoms with Crippen LogP contribution in [-0.2, 0) is 0 Å². The van der Waals surface area contributed by atoms with E-state index in [0.29, 0.717) is 0 Å². The molecule has 13 rings (SSSR count). The van der Waals surface area contributed by atoms with Crippen molar-refractivity contribution in [2.24, 2.45) is 0 Å². The molecular formula is C70H48N2. The van der Waals surface area contributed by atoms with Crippen molar-refractivity contribution in [3.8, 4) is 72.4 Å². The first-order chi connectivity index (χ1) is 35.7. The summed E-state index contributed by atoms with van der Waals surface area (Å²) in [5, 5.41) is 5.03. The number of fused-ring (bicyclic) bond motifs is 4. The van der Waals surface area contributed by atoms with Crippen molar-refractivity contribution in [2.75, 3.05) is 4.90 Å². The van der Waals surface area contributed by atoms with Crippen LogP contribution in [0.3, 0.4) is 0 Å². The minimum absolute atomic E-state index is 1.08. The lowest BCUT2D eigenvalue weighted by atomic mass is 9.97. The molecule has 0 aliphatic carbocycles. The highest BCUT2D eigenvalue weighted by molar-refractivity contribution is 6.09. The Kier molecular flexibility index (Phi) is 10.9. The molecule has 0 atom stereocenters. The Morgan fingerprint density at radius 3 is 1.14 bits per heavy atom. The lowest BCUT2D eigenvalue weighted by Crippen LogP contribution is -2.09. The first kappa shape index (κ1) is 42.6. The van der Waals surface area contributed by atoms with E-state index in [4.69, 9.17) is 0 Å². The maximum Gasteiger partial charge on any atom is 0.0541 e. The normalized spacial score (nSPS) is 11.3. The van der Waals surface area contributed by atoms with Crippen molar-refractivity contribution >= 4 is 49.6 Å². The van der Waals surface area contributed by atoms with Crippen LogP contribution in [0.5, 0.6) is 0 Å². The second-order valence-electron chi connectivity index (χ2n) is 18.5. The predicted octanol–water partition coefficient (Wildman–Crippen LogP) is 19.4. The van der Waals surface area contributed by atoms with E-state index in [9.17, 15) is 0 Å². The molecule has 13 aromatic rings. The van der Waals surface area contributed by atoms with Crippen LogP contribution in [0.4, 0.5) is 17.1 Å². The highest BCUT2D eigenvalue weighted by Crippen LogP contribution is 2.40. The fourth-order valence-electron chi connectivity index (χ4n) is 10.5. The monoisotopic (exact) mass is 916 g/mol. The minimum atomic E-state index is 1.08. The Morgan fingerprint density at radius 1 is 0.222 bits per heavy atom. The van der Waals surface area contributed by atoms with Gasteiger partial charge in [-0.1, -0.05) is 224 Å². The van der Waals surface area contributed by atoms with E-state index in [2.05, 4.69) is 301 Å². The topological polar surface area (TPSA) is 8.17 Å². The average Bonchev–Trinajstić information content (AvgIpc) is 3.80. The van der Waals surface area contributed by atoms with Gasteiger partial charge in [-0.2, -0.15) is 0 Å². The van der Waals surface area contributed by atoms with Crippen LogP contribution >= 0.6 is 0 Å². The van der Waals surface area contributed by atoms with E-state index in [1.807, 2.05) is 0 Å². The van der Waals surface area contributed by atoms with Crippen LogP contribution < -0.4 is 4.90 Å². The maximum absolute atomic E-state index is 2.41. The quantitative estimate of drug-likeness (QED) is 0.133. The molecule has 12 aromatic carbocycles. The van der Waals surface area contributed by atoms with Crippen molar-refractivity contribution in [3.63, 3.8) is 0 Å². The van der Waals surface area contributed by atoms with Crippen LogP contribution in [0.1, 0.15) is 0 Å². The van der Waals surface area contributed by atoms with Crippen LogP contribution in [0.25, 0.3) is 105 Å². The van der Waals surface area contributed by atoms with E-state index < -0.39 is 0 Å². The van der Waals surface area contributed by atoms with Gasteiger partial charge in [0.15, 0.2) is 0 Å². The molecule has 0 unspecified atom stereocenters. The van der Waals surface area contributed by atoms with E-state index >= 15 is 0 Å². The molecule has 1 aromatic heterocycles. The van der Waals surface area contributed by atoms with Crippen LogP contribution in [-0.4, -0.2) is 4.57 Å². The summed E-state index contributed by atoms with van der Waals surface area (Å²) in [6, 6.07) is 106. The van der Waals surface area contributed by atoms with Gasteiger partial charge in [0.2, 0.25) is 0 Å². The third kappa shape index (κ3) is 8.01. The molecule has 0 aliphatic rings. The first-order valence-electron chi connectivity index (χ1n) is 24.7. The summed E-state index contributed by atoms with van der Waals surface area (Å²) >= 11 is 0. The number of aromatic nitrogens is 1. The lowest BCUT2D eigenvalue weighted by molar-refractivity contribution is 1.18. The molecule has 0 saturated carbocycles. The molecule has 0 fully saturated rings.